The van der Waals surface area contributed by atoms with Gasteiger partial charge in [0.15, 0.2) is 17.4 Å². The Balaban J connectivity index is 1.79. The normalized spacial score (nSPS) is 20.8. The van der Waals surface area contributed by atoms with Gasteiger partial charge in [0.1, 0.15) is 23.7 Å². The fraction of sp³-hybridized carbons (Fsp3) is 0.259. The van der Waals surface area contributed by atoms with Crippen molar-refractivity contribution in [3.63, 3.8) is 0 Å². The van der Waals surface area contributed by atoms with Crippen LogP contribution >= 0.6 is 0 Å². The molecule has 1 atom stereocenters. The average Bonchev–Trinajstić information content (AvgIpc) is 2.90. The molecule has 1 fully saturated rings. The first-order valence-electron chi connectivity index (χ1n) is 12.4. The summed E-state index contributed by atoms with van der Waals surface area (Å²) < 4.78 is 31.6. The molecule has 2 aromatic heterocycles. The van der Waals surface area contributed by atoms with Gasteiger partial charge in [-0.05, 0) is 45.1 Å². The van der Waals surface area contributed by atoms with Crippen molar-refractivity contribution in [2.45, 2.75) is 26.8 Å². The molecule has 4 heterocycles. The highest BCUT2D eigenvalue weighted by molar-refractivity contribution is 6.10. The molecule has 0 spiro atoms. The smallest absolute Gasteiger partial charge is 0.350 e. The van der Waals surface area contributed by atoms with Crippen molar-refractivity contribution in [3.05, 3.63) is 87.6 Å². The number of amides is 1. The highest BCUT2D eigenvalue weighted by atomic mass is 19.1. The van der Waals surface area contributed by atoms with Crippen LogP contribution in [0.3, 0.4) is 0 Å². The molecule has 0 saturated carbocycles. The van der Waals surface area contributed by atoms with Crippen LogP contribution in [-0.4, -0.2) is 67.0 Å². The van der Waals surface area contributed by atoms with E-state index in [4.69, 9.17) is 0 Å². The minimum Gasteiger partial charge on any atom is -0.350 e. The maximum Gasteiger partial charge on any atom is 0.355 e. The Morgan fingerprint density at radius 2 is 1.85 bits per heavy atom. The summed E-state index contributed by atoms with van der Waals surface area (Å²) in [5, 5.41) is 11.8. The number of hydroxylamine groups is 1. The molecule has 0 aromatic carbocycles. The van der Waals surface area contributed by atoms with Crippen molar-refractivity contribution in [1.82, 2.24) is 24.4 Å². The van der Waals surface area contributed by atoms with Crippen molar-refractivity contribution in [3.8, 4) is 5.69 Å². The van der Waals surface area contributed by atoms with E-state index in [-0.39, 0.29) is 54.5 Å². The van der Waals surface area contributed by atoms with E-state index in [1.54, 1.807) is 23.6 Å². The molecule has 1 saturated heterocycles. The zero-order valence-corrected chi connectivity index (χ0v) is 21.9. The van der Waals surface area contributed by atoms with Crippen LogP contribution in [-0.2, 0) is 9.59 Å². The third-order valence-corrected chi connectivity index (χ3v) is 7.01. The Kier molecular flexibility index (Phi) is 6.75. The Morgan fingerprint density at radius 3 is 2.48 bits per heavy atom. The summed E-state index contributed by atoms with van der Waals surface area (Å²) in [5.74, 6) is -3.51. The van der Waals surface area contributed by atoms with Crippen LogP contribution < -0.4 is 15.7 Å². The minimum atomic E-state index is -1.11. The first-order valence-corrected chi connectivity index (χ1v) is 12.4. The highest BCUT2D eigenvalue weighted by Gasteiger charge is 2.38. The molecule has 1 aliphatic carbocycles. The Hall–Kier alpha value is -4.78. The van der Waals surface area contributed by atoms with Gasteiger partial charge in [0.05, 0.1) is 28.2 Å². The van der Waals surface area contributed by atoms with Gasteiger partial charge < -0.3 is 9.80 Å². The molecule has 2 aliphatic heterocycles. The standard InChI is InChI=1S/C27H25F2N7O4/c1-5-21(38)33-9-10-34(14(2)12-33)25-17-11-19(29)24(22-18(28)7-6-8-20(22)37)36(40)26(17)35(27(39)32-25)23-15(3)30-13-31-16(23)4/h5-8,11,13-14,40H,1,9-10,12H2,2-4H3/t14-/m0/s1. The van der Waals surface area contributed by atoms with E-state index in [1.807, 2.05) is 6.92 Å². The van der Waals surface area contributed by atoms with E-state index >= 15 is 4.39 Å². The van der Waals surface area contributed by atoms with Gasteiger partial charge in [-0.3, -0.25) is 14.8 Å². The molecule has 0 bridgehead atoms. The fourth-order valence-corrected chi connectivity index (χ4v) is 5.14. The van der Waals surface area contributed by atoms with Gasteiger partial charge in [0.25, 0.3) is 0 Å². The minimum absolute atomic E-state index is 0.00476. The molecule has 0 radical (unpaired) electrons. The molecule has 0 unspecified atom stereocenters. The number of carbonyl (C=O) groups is 2. The topological polar surface area (TPSA) is 125 Å². The molecular weight excluding hydrogens is 524 g/mol. The number of halogens is 2. The summed E-state index contributed by atoms with van der Waals surface area (Å²) in [7, 11) is 0. The zero-order chi connectivity index (χ0) is 28.9. The number of allylic oxidation sites excluding steroid dienone is 6. The van der Waals surface area contributed by atoms with Gasteiger partial charge in [-0.15, -0.1) is 0 Å². The predicted molar refractivity (Wildman–Crippen MR) is 142 cm³/mol. The van der Waals surface area contributed by atoms with Gasteiger partial charge in [-0.2, -0.15) is 4.98 Å². The number of ketones is 1. The Bertz CT molecular complexity index is 1640. The summed E-state index contributed by atoms with van der Waals surface area (Å²) in [5.41, 5.74) is -1.41. The lowest BCUT2D eigenvalue weighted by Crippen LogP contribution is -2.54. The molecule has 1 N–H and O–H groups in total. The second kappa shape index (κ2) is 10.1. The second-order valence-corrected chi connectivity index (χ2v) is 9.48. The van der Waals surface area contributed by atoms with Crippen molar-refractivity contribution in [1.29, 1.82) is 0 Å². The third kappa shape index (κ3) is 4.24. The molecular formula is C27H25F2N7O4. The van der Waals surface area contributed by atoms with Gasteiger partial charge in [-0.25, -0.2) is 33.2 Å². The van der Waals surface area contributed by atoms with Crippen LogP contribution in [0.25, 0.3) is 11.8 Å². The van der Waals surface area contributed by atoms with Crippen LogP contribution in [0.1, 0.15) is 23.9 Å². The summed E-state index contributed by atoms with van der Waals surface area (Å²) >= 11 is 0. The zero-order valence-electron chi connectivity index (χ0n) is 21.9. The lowest BCUT2D eigenvalue weighted by Gasteiger charge is -2.41. The number of aryl methyl sites for hydroxylation is 2. The highest BCUT2D eigenvalue weighted by Crippen LogP contribution is 2.42. The van der Waals surface area contributed by atoms with E-state index in [0.29, 0.717) is 16.5 Å². The van der Waals surface area contributed by atoms with Gasteiger partial charge in [0.2, 0.25) is 5.91 Å². The maximum absolute atomic E-state index is 15.8. The van der Waals surface area contributed by atoms with Crippen LogP contribution in [0, 0.1) is 13.8 Å². The van der Waals surface area contributed by atoms with E-state index < -0.39 is 34.4 Å². The van der Waals surface area contributed by atoms with Gasteiger partial charge in [-0.1, -0.05) is 12.7 Å². The molecule has 1 amide bonds. The number of hydrogen-bond acceptors (Lipinski definition) is 9. The monoisotopic (exact) mass is 549 g/mol. The fourth-order valence-electron chi connectivity index (χ4n) is 5.14. The molecule has 2 aromatic rings. The third-order valence-electron chi connectivity index (χ3n) is 7.01. The first kappa shape index (κ1) is 26.8. The maximum atomic E-state index is 15.8. The van der Waals surface area contributed by atoms with Crippen LogP contribution in [0.5, 0.6) is 0 Å². The SMILES string of the molecule is C=CC(=O)N1CCN(c2nc(=O)n(-c3c(C)ncnc3C)c3c2C=C(F)C(=C2C(=O)C=CC=C2F)N3O)[C@@H](C)C1. The molecule has 206 valence electrons. The van der Waals surface area contributed by atoms with E-state index in [2.05, 4.69) is 21.5 Å². The summed E-state index contributed by atoms with van der Waals surface area (Å²) in [6, 6.07) is -0.359. The molecule has 5 rings (SSSR count). The second-order valence-electron chi connectivity index (χ2n) is 9.48. The molecule has 13 heteroatoms. The van der Waals surface area contributed by atoms with Crippen molar-refractivity contribution < 1.29 is 23.6 Å². The molecule has 40 heavy (non-hydrogen) atoms. The molecule has 11 nitrogen and oxygen atoms in total. The van der Waals surface area contributed by atoms with Gasteiger partial charge >= 0.3 is 5.69 Å². The van der Waals surface area contributed by atoms with E-state index in [9.17, 15) is 24.0 Å². The summed E-state index contributed by atoms with van der Waals surface area (Å²) in [4.78, 5) is 54.3. The lowest BCUT2D eigenvalue weighted by atomic mass is 9.98. The number of hydrogen-bond donors (Lipinski definition) is 1. The van der Waals surface area contributed by atoms with Crippen LogP contribution in [0.15, 0.2) is 64.9 Å². The Labute approximate surface area is 227 Å². The summed E-state index contributed by atoms with van der Waals surface area (Å²) in [6.45, 7) is 9.35. The molecule has 3 aliphatic rings. The average molecular weight is 550 g/mol. The van der Waals surface area contributed by atoms with Crippen molar-refractivity contribution >= 4 is 29.4 Å². The number of piperazine rings is 1. The van der Waals surface area contributed by atoms with Crippen molar-refractivity contribution in [2.24, 2.45) is 0 Å². The van der Waals surface area contributed by atoms with Gasteiger partial charge in [0, 0.05) is 25.7 Å². The number of fused-ring (bicyclic) bond motifs is 1. The lowest BCUT2D eigenvalue weighted by molar-refractivity contribution is -0.126. The van der Waals surface area contributed by atoms with Crippen molar-refractivity contribution in [2.75, 3.05) is 29.6 Å². The number of nitrogens with zero attached hydrogens (tertiary/aromatic N) is 7. The number of aromatic nitrogens is 4. The van der Waals surface area contributed by atoms with Crippen LogP contribution in [0.4, 0.5) is 20.4 Å². The number of rotatable bonds is 3. The quantitative estimate of drug-likeness (QED) is 0.576. The number of anilines is 2. The predicted octanol–water partition coefficient (Wildman–Crippen LogP) is 2.63. The first-order chi connectivity index (χ1) is 19.0. The number of carbonyl (C=O) groups excluding carboxylic acids is 2. The largest absolute Gasteiger partial charge is 0.355 e. The van der Waals surface area contributed by atoms with E-state index in [1.165, 1.54) is 18.5 Å². The van der Waals surface area contributed by atoms with E-state index in [0.717, 1.165) is 22.8 Å². The Morgan fingerprint density at radius 1 is 1.15 bits per heavy atom. The van der Waals surface area contributed by atoms with Crippen LogP contribution in [0.2, 0.25) is 0 Å². The summed E-state index contributed by atoms with van der Waals surface area (Å²) in [6.07, 6.45) is 6.70.